The number of aryl methyl sites for hydroxylation is 1. The number of hydrogen-bond acceptors (Lipinski definition) is 3. The number of rotatable bonds is 5. The molecule has 2 rings (SSSR count). The molecule has 15 heavy (non-hydrogen) atoms. The van der Waals surface area contributed by atoms with E-state index in [1.54, 1.807) is 11.3 Å². The Morgan fingerprint density at radius 2 is 2.33 bits per heavy atom. The molecule has 2 nitrogen and oxygen atoms in total. The van der Waals surface area contributed by atoms with Gasteiger partial charge in [0.1, 0.15) is 0 Å². The molecule has 0 N–H and O–H groups in total. The van der Waals surface area contributed by atoms with Crippen molar-refractivity contribution in [2.45, 2.75) is 45.7 Å². The third-order valence-electron chi connectivity index (χ3n) is 3.31. The molecule has 0 amide bonds. The summed E-state index contributed by atoms with van der Waals surface area (Å²) in [7, 11) is 2.22. The zero-order valence-corrected chi connectivity index (χ0v) is 10.7. The highest BCUT2D eigenvalue weighted by atomic mass is 32.1. The first-order valence-corrected chi connectivity index (χ1v) is 6.72. The van der Waals surface area contributed by atoms with Gasteiger partial charge in [-0.05, 0) is 39.2 Å². The predicted octanol–water partition coefficient (Wildman–Crippen LogP) is 2.94. The summed E-state index contributed by atoms with van der Waals surface area (Å²) in [6.45, 7) is 5.51. The van der Waals surface area contributed by atoms with E-state index in [2.05, 4.69) is 36.2 Å². The highest BCUT2D eigenvalue weighted by Crippen LogP contribution is 2.35. The monoisotopic (exact) mass is 224 g/mol. The van der Waals surface area contributed by atoms with Crippen molar-refractivity contribution in [3.63, 3.8) is 0 Å². The van der Waals surface area contributed by atoms with E-state index in [1.807, 2.05) is 0 Å². The van der Waals surface area contributed by atoms with E-state index in [-0.39, 0.29) is 0 Å². The quantitative estimate of drug-likeness (QED) is 0.764. The van der Waals surface area contributed by atoms with Crippen LogP contribution in [-0.2, 0) is 13.0 Å². The third-order valence-corrected chi connectivity index (χ3v) is 4.35. The standard InChI is InChI=1S/C12H20N2S/c1-4-12-13-11(8-15-12)7-14(3)9(2)10-5-6-10/h8-10H,4-7H2,1-3H3. The van der Waals surface area contributed by atoms with Crippen molar-refractivity contribution in [1.29, 1.82) is 0 Å². The molecule has 1 aromatic rings. The van der Waals surface area contributed by atoms with Gasteiger partial charge < -0.3 is 0 Å². The lowest BCUT2D eigenvalue weighted by Crippen LogP contribution is -2.30. The van der Waals surface area contributed by atoms with Gasteiger partial charge in [0.25, 0.3) is 0 Å². The summed E-state index contributed by atoms with van der Waals surface area (Å²) in [6.07, 6.45) is 3.90. The summed E-state index contributed by atoms with van der Waals surface area (Å²) in [5.41, 5.74) is 1.24. The number of thiazole rings is 1. The molecule has 1 saturated carbocycles. The topological polar surface area (TPSA) is 16.1 Å². The summed E-state index contributed by atoms with van der Waals surface area (Å²) in [5, 5.41) is 3.46. The van der Waals surface area contributed by atoms with Crippen LogP contribution in [-0.4, -0.2) is 23.0 Å². The largest absolute Gasteiger partial charge is 0.298 e. The minimum absolute atomic E-state index is 0.719. The first-order valence-electron chi connectivity index (χ1n) is 5.84. The minimum atomic E-state index is 0.719. The Bertz CT molecular complexity index is 317. The first-order chi connectivity index (χ1) is 7.20. The third kappa shape index (κ3) is 2.79. The van der Waals surface area contributed by atoms with Gasteiger partial charge in [-0.15, -0.1) is 11.3 Å². The maximum absolute atomic E-state index is 4.61. The molecule has 0 spiro atoms. The van der Waals surface area contributed by atoms with Gasteiger partial charge >= 0.3 is 0 Å². The normalized spacial score (nSPS) is 18.4. The van der Waals surface area contributed by atoms with Gasteiger partial charge in [0.2, 0.25) is 0 Å². The van der Waals surface area contributed by atoms with Crippen LogP contribution in [0.5, 0.6) is 0 Å². The molecule has 1 heterocycles. The summed E-state index contributed by atoms with van der Waals surface area (Å²) < 4.78 is 0. The van der Waals surface area contributed by atoms with Gasteiger partial charge in [-0.1, -0.05) is 6.92 Å². The molecule has 0 bridgehead atoms. The van der Waals surface area contributed by atoms with Crippen LogP contribution in [0.25, 0.3) is 0 Å². The van der Waals surface area contributed by atoms with Crippen molar-refractivity contribution in [2.75, 3.05) is 7.05 Å². The van der Waals surface area contributed by atoms with E-state index >= 15 is 0 Å². The molecule has 1 aliphatic rings. The summed E-state index contributed by atoms with van der Waals surface area (Å²) in [4.78, 5) is 7.04. The number of hydrogen-bond donors (Lipinski definition) is 0. The van der Waals surface area contributed by atoms with Crippen molar-refractivity contribution in [3.05, 3.63) is 16.1 Å². The maximum Gasteiger partial charge on any atom is 0.0926 e. The van der Waals surface area contributed by atoms with E-state index in [1.165, 1.54) is 23.5 Å². The Kier molecular flexibility index (Phi) is 3.42. The Morgan fingerprint density at radius 3 is 2.87 bits per heavy atom. The molecular weight excluding hydrogens is 204 g/mol. The molecule has 0 radical (unpaired) electrons. The highest BCUT2D eigenvalue weighted by molar-refractivity contribution is 7.09. The van der Waals surface area contributed by atoms with Crippen LogP contribution in [0.1, 0.15) is 37.4 Å². The van der Waals surface area contributed by atoms with Crippen LogP contribution in [0.3, 0.4) is 0 Å². The van der Waals surface area contributed by atoms with Crippen molar-refractivity contribution in [1.82, 2.24) is 9.88 Å². The Morgan fingerprint density at radius 1 is 1.60 bits per heavy atom. The summed E-state index contributed by atoms with van der Waals surface area (Å²) >= 11 is 1.79. The van der Waals surface area contributed by atoms with Gasteiger partial charge in [0, 0.05) is 18.0 Å². The minimum Gasteiger partial charge on any atom is -0.298 e. The van der Waals surface area contributed by atoms with E-state index < -0.39 is 0 Å². The molecule has 0 saturated heterocycles. The SMILES string of the molecule is CCc1nc(CN(C)C(C)C2CC2)cs1. The zero-order chi connectivity index (χ0) is 10.8. The van der Waals surface area contributed by atoms with Crippen molar-refractivity contribution in [3.8, 4) is 0 Å². The molecule has 1 aromatic heterocycles. The summed E-state index contributed by atoms with van der Waals surface area (Å²) in [5.74, 6) is 0.944. The van der Waals surface area contributed by atoms with E-state index in [0.29, 0.717) is 0 Å². The number of aromatic nitrogens is 1. The first kappa shape index (κ1) is 11.1. The van der Waals surface area contributed by atoms with Crippen molar-refractivity contribution in [2.24, 2.45) is 5.92 Å². The van der Waals surface area contributed by atoms with Gasteiger partial charge in [-0.2, -0.15) is 0 Å². The maximum atomic E-state index is 4.61. The average Bonchev–Trinajstić information content (AvgIpc) is 2.98. The fourth-order valence-electron chi connectivity index (χ4n) is 1.92. The fraction of sp³-hybridized carbons (Fsp3) is 0.750. The average molecular weight is 224 g/mol. The van der Waals surface area contributed by atoms with Crippen LogP contribution in [0.4, 0.5) is 0 Å². The molecular formula is C12H20N2S. The molecule has 84 valence electrons. The highest BCUT2D eigenvalue weighted by Gasteiger charge is 2.30. The van der Waals surface area contributed by atoms with Crippen LogP contribution in [0.2, 0.25) is 0 Å². The van der Waals surface area contributed by atoms with Gasteiger partial charge in [0.05, 0.1) is 10.7 Å². The number of nitrogens with zero attached hydrogens (tertiary/aromatic N) is 2. The Balaban J connectivity index is 1.89. The van der Waals surface area contributed by atoms with Crippen LogP contribution < -0.4 is 0 Å². The smallest absolute Gasteiger partial charge is 0.0926 e. The zero-order valence-electron chi connectivity index (χ0n) is 9.86. The van der Waals surface area contributed by atoms with E-state index in [0.717, 1.165) is 24.9 Å². The van der Waals surface area contributed by atoms with Gasteiger partial charge in [-0.25, -0.2) is 4.98 Å². The molecule has 0 aliphatic heterocycles. The van der Waals surface area contributed by atoms with Gasteiger partial charge in [0.15, 0.2) is 0 Å². The molecule has 0 aromatic carbocycles. The molecule has 1 unspecified atom stereocenters. The second-order valence-corrected chi connectivity index (χ2v) is 5.52. The molecule has 1 aliphatic carbocycles. The lowest BCUT2D eigenvalue weighted by molar-refractivity contribution is 0.224. The van der Waals surface area contributed by atoms with Gasteiger partial charge in [-0.3, -0.25) is 4.90 Å². The van der Waals surface area contributed by atoms with Crippen molar-refractivity contribution >= 4 is 11.3 Å². The lowest BCUT2D eigenvalue weighted by atomic mass is 10.2. The summed E-state index contributed by atoms with van der Waals surface area (Å²) in [6, 6.07) is 0.719. The fourth-order valence-corrected chi connectivity index (χ4v) is 2.66. The van der Waals surface area contributed by atoms with E-state index in [4.69, 9.17) is 0 Å². The van der Waals surface area contributed by atoms with Crippen LogP contribution in [0.15, 0.2) is 5.38 Å². The van der Waals surface area contributed by atoms with Crippen LogP contribution in [0, 0.1) is 5.92 Å². The van der Waals surface area contributed by atoms with Crippen LogP contribution >= 0.6 is 11.3 Å². The Labute approximate surface area is 96.3 Å². The molecule has 1 fully saturated rings. The van der Waals surface area contributed by atoms with E-state index in [9.17, 15) is 0 Å². The Hall–Kier alpha value is -0.410. The lowest BCUT2D eigenvalue weighted by Gasteiger charge is -2.23. The van der Waals surface area contributed by atoms with Crippen molar-refractivity contribution < 1.29 is 0 Å². The second-order valence-electron chi connectivity index (χ2n) is 4.58. The predicted molar refractivity (Wildman–Crippen MR) is 65.1 cm³/mol. The molecule has 3 heteroatoms. The second kappa shape index (κ2) is 4.62. The molecule has 1 atom stereocenters.